The van der Waals surface area contributed by atoms with Crippen molar-refractivity contribution in [2.75, 3.05) is 13.2 Å². The number of hydrogen-bond acceptors (Lipinski definition) is 2. The Balaban J connectivity index is 2.27. The summed E-state index contributed by atoms with van der Waals surface area (Å²) in [4.78, 5) is 13.0. The van der Waals surface area contributed by atoms with Crippen molar-refractivity contribution >= 4 is 5.91 Å². The van der Waals surface area contributed by atoms with Crippen LogP contribution in [-0.2, 0) is 9.53 Å². The number of rotatable bonds is 4. The second-order valence-corrected chi connectivity index (χ2v) is 3.53. The van der Waals surface area contributed by atoms with Gasteiger partial charge in [-0.1, -0.05) is 13.3 Å². The molecule has 1 fully saturated rings. The minimum absolute atomic E-state index is 0.0593. The lowest BCUT2D eigenvalue weighted by Crippen LogP contribution is -2.35. The number of amides is 1. The quantitative estimate of drug-likeness (QED) is 0.625. The molecule has 0 N–H and O–H groups in total. The Labute approximate surface area is 80.1 Å². The Kier molecular flexibility index (Phi) is 4.22. The molecular formula is C10H19NO2. The van der Waals surface area contributed by atoms with Crippen LogP contribution < -0.4 is 0 Å². The fraction of sp³-hybridized carbons (Fsp3) is 0.900. The van der Waals surface area contributed by atoms with Crippen LogP contribution in [0, 0.1) is 0 Å². The summed E-state index contributed by atoms with van der Waals surface area (Å²) in [5, 5.41) is 0. The van der Waals surface area contributed by atoms with Crippen molar-refractivity contribution in [2.24, 2.45) is 0 Å². The normalized spacial score (nSPS) is 22.3. The summed E-state index contributed by atoms with van der Waals surface area (Å²) in [5.74, 6) is 0.138. The maximum atomic E-state index is 11.1. The van der Waals surface area contributed by atoms with E-state index in [4.69, 9.17) is 4.74 Å². The van der Waals surface area contributed by atoms with Gasteiger partial charge in [-0.2, -0.15) is 0 Å². The molecule has 0 bridgehead atoms. The molecule has 1 aliphatic heterocycles. The first kappa shape index (κ1) is 10.5. The average Bonchev–Trinajstić information content (AvgIpc) is 2.53. The molecule has 1 saturated heterocycles. The van der Waals surface area contributed by atoms with Crippen LogP contribution in [0.4, 0.5) is 0 Å². The van der Waals surface area contributed by atoms with Crippen LogP contribution >= 0.6 is 0 Å². The predicted octanol–water partition coefficient (Wildman–Crippen LogP) is 1.77. The zero-order valence-electron chi connectivity index (χ0n) is 8.58. The summed E-state index contributed by atoms with van der Waals surface area (Å²) in [6, 6.07) is 0. The fourth-order valence-corrected chi connectivity index (χ4v) is 1.63. The van der Waals surface area contributed by atoms with E-state index < -0.39 is 0 Å². The Morgan fingerprint density at radius 1 is 1.62 bits per heavy atom. The van der Waals surface area contributed by atoms with Gasteiger partial charge in [0, 0.05) is 20.1 Å². The van der Waals surface area contributed by atoms with E-state index in [1.807, 2.05) is 4.90 Å². The van der Waals surface area contributed by atoms with Crippen LogP contribution in [0.3, 0.4) is 0 Å². The monoisotopic (exact) mass is 185 g/mol. The third kappa shape index (κ3) is 2.99. The van der Waals surface area contributed by atoms with E-state index in [0.717, 1.165) is 38.8 Å². The Morgan fingerprint density at radius 3 is 3.00 bits per heavy atom. The first-order valence-corrected chi connectivity index (χ1v) is 5.14. The van der Waals surface area contributed by atoms with Crippen LogP contribution in [0.25, 0.3) is 0 Å². The van der Waals surface area contributed by atoms with E-state index in [2.05, 4.69) is 6.92 Å². The minimum atomic E-state index is 0.0593. The largest absolute Gasteiger partial charge is 0.358 e. The van der Waals surface area contributed by atoms with Gasteiger partial charge in [-0.15, -0.1) is 0 Å². The summed E-state index contributed by atoms with van der Waals surface area (Å²) in [6.07, 6.45) is 4.37. The van der Waals surface area contributed by atoms with Crippen molar-refractivity contribution in [3.05, 3.63) is 0 Å². The fourth-order valence-electron chi connectivity index (χ4n) is 1.63. The van der Waals surface area contributed by atoms with Crippen molar-refractivity contribution in [3.63, 3.8) is 0 Å². The van der Waals surface area contributed by atoms with Crippen LogP contribution in [0.5, 0.6) is 0 Å². The van der Waals surface area contributed by atoms with Crippen LogP contribution in [0.15, 0.2) is 0 Å². The van der Waals surface area contributed by atoms with Crippen molar-refractivity contribution in [1.82, 2.24) is 4.90 Å². The standard InChI is InChI=1S/C10H19NO2/c1-3-4-8-13-10-6-5-7-11(10)9(2)12/h10H,3-8H2,1-2H3. The molecule has 76 valence electrons. The smallest absolute Gasteiger partial charge is 0.221 e. The molecule has 1 rings (SSSR count). The Morgan fingerprint density at radius 2 is 2.38 bits per heavy atom. The van der Waals surface area contributed by atoms with Crippen molar-refractivity contribution < 1.29 is 9.53 Å². The second-order valence-electron chi connectivity index (χ2n) is 3.53. The first-order chi connectivity index (χ1) is 6.25. The molecule has 13 heavy (non-hydrogen) atoms. The van der Waals surface area contributed by atoms with E-state index in [0.29, 0.717) is 0 Å². The predicted molar refractivity (Wildman–Crippen MR) is 51.3 cm³/mol. The number of unbranched alkanes of at least 4 members (excludes halogenated alkanes) is 1. The highest BCUT2D eigenvalue weighted by atomic mass is 16.5. The van der Waals surface area contributed by atoms with Gasteiger partial charge in [0.2, 0.25) is 5.91 Å². The molecule has 0 radical (unpaired) electrons. The van der Waals surface area contributed by atoms with Gasteiger partial charge in [0.15, 0.2) is 0 Å². The molecule has 0 aromatic carbocycles. The van der Waals surface area contributed by atoms with Gasteiger partial charge in [0.1, 0.15) is 6.23 Å². The molecule has 1 amide bonds. The molecule has 0 aromatic heterocycles. The van der Waals surface area contributed by atoms with Crippen molar-refractivity contribution in [2.45, 2.75) is 45.8 Å². The van der Waals surface area contributed by atoms with E-state index >= 15 is 0 Å². The topological polar surface area (TPSA) is 29.5 Å². The van der Waals surface area contributed by atoms with Gasteiger partial charge in [0.25, 0.3) is 0 Å². The van der Waals surface area contributed by atoms with Gasteiger partial charge in [-0.25, -0.2) is 0 Å². The molecule has 3 heteroatoms. The van der Waals surface area contributed by atoms with Crippen LogP contribution in [-0.4, -0.2) is 30.2 Å². The average molecular weight is 185 g/mol. The SMILES string of the molecule is CCCCOC1CCCN1C(C)=O. The van der Waals surface area contributed by atoms with E-state index in [-0.39, 0.29) is 12.1 Å². The molecule has 0 spiro atoms. The number of hydrogen-bond donors (Lipinski definition) is 0. The summed E-state index contributed by atoms with van der Waals surface area (Å²) in [5.41, 5.74) is 0. The molecule has 1 heterocycles. The highest BCUT2D eigenvalue weighted by molar-refractivity contribution is 5.73. The third-order valence-corrected chi connectivity index (χ3v) is 2.41. The number of likely N-dealkylation sites (tertiary alicyclic amines) is 1. The van der Waals surface area contributed by atoms with E-state index in [9.17, 15) is 4.79 Å². The van der Waals surface area contributed by atoms with Gasteiger partial charge in [-0.3, -0.25) is 4.79 Å². The lowest BCUT2D eigenvalue weighted by Gasteiger charge is -2.23. The Bertz CT molecular complexity index is 170. The highest BCUT2D eigenvalue weighted by Crippen LogP contribution is 2.18. The second kappa shape index (κ2) is 5.22. The highest BCUT2D eigenvalue weighted by Gasteiger charge is 2.26. The van der Waals surface area contributed by atoms with Gasteiger partial charge in [-0.05, 0) is 19.3 Å². The van der Waals surface area contributed by atoms with E-state index in [1.54, 1.807) is 6.92 Å². The molecule has 1 unspecified atom stereocenters. The van der Waals surface area contributed by atoms with Gasteiger partial charge < -0.3 is 9.64 Å². The lowest BCUT2D eigenvalue weighted by atomic mass is 10.3. The zero-order chi connectivity index (χ0) is 9.68. The molecule has 0 saturated carbocycles. The van der Waals surface area contributed by atoms with Crippen molar-refractivity contribution in [3.8, 4) is 0 Å². The summed E-state index contributed by atoms with van der Waals surface area (Å²) in [7, 11) is 0. The van der Waals surface area contributed by atoms with E-state index in [1.165, 1.54) is 0 Å². The van der Waals surface area contributed by atoms with Gasteiger partial charge in [0.05, 0.1) is 0 Å². The summed E-state index contributed by atoms with van der Waals surface area (Å²) >= 11 is 0. The maximum absolute atomic E-state index is 11.1. The minimum Gasteiger partial charge on any atom is -0.358 e. The van der Waals surface area contributed by atoms with Gasteiger partial charge >= 0.3 is 0 Å². The summed E-state index contributed by atoms with van der Waals surface area (Å²) < 4.78 is 5.62. The zero-order valence-corrected chi connectivity index (χ0v) is 8.58. The summed E-state index contributed by atoms with van der Waals surface area (Å²) in [6.45, 7) is 5.40. The lowest BCUT2D eigenvalue weighted by molar-refractivity contribution is -0.139. The first-order valence-electron chi connectivity index (χ1n) is 5.14. The number of nitrogens with zero attached hydrogens (tertiary/aromatic N) is 1. The van der Waals surface area contributed by atoms with Crippen LogP contribution in [0.1, 0.15) is 39.5 Å². The number of ether oxygens (including phenoxy) is 1. The molecule has 1 aliphatic rings. The van der Waals surface area contributed by atoms with Crippen LogP contribution in [0.2, 0.25) is 0 Å². The molecule has 3 nitrogen and oxygen atoms in total. The maximum Gasteiger partial charge on any atom is 0.221 e. The molecule has 0 aliphatic carbocycles. The Hall–Kier alpha value is -0.570. The van der Waals surface area contributed by atoms with Crippen molar-refractivity contribution in [1.29, 1.82) is 0 Å². The number of carbonyl (C=O) groups is 1. The molecular weight excluding hydrogens is 166 g/mol. The molecule has 1 atom stereocenters. The molecule has 0 aromatic rings. The number of carbonyl (C=O) groups excluding carboxylic acids is 1. The third-order valence-electron chi connectivity index (χ3n) is 2.41.